The van der Waals surface area contributed by atoms with Gasteiger partial charge in [0.25, 0.3) is 0 Å². The van der Waals surface area contributed by atoms with Gasteiger partial charge in [0.2, 0.25) is 11.8 Å². The number of rotatable bonds is 6. The van der Waals surface area contributed by atoms with E-state index < -0.39 is 23.9 Å². The fraction of sp³-hybridized carbons (Fsp3) is 0.615. The number of aliphatic carboxylic acids is 1. The zero-order valence-corrected chi connectivity index (χ0v) is 12.6. The molecule has 1 fully saturated rings. The van der Waals surface area contributed by atoms with Crippen molar-refractivity contribution in [1.82, 2.24) is 4.90 Å². The van der Waals surface area contributed by atoms with Gasteiger partial charge in [-0.25, -0.2) is 4.79 Å². The van der Waals surface area contributed by atoms with Gasteiger partial charge in [-0.1, -0.05) is 6.92 Å². The van der Waals surface area contributed by atoms with Gasteiger partial charge < -0.3 is 20.8 Å². The van der Waals surface area contributed by atoms with Crippen molar-refractivity contribution in [2.75, 3.05) is 5.75 Å². The van der Waals surface area contributed by atoms with Crippen LogP contribution in [0.5, 0.6) is 0 Å². The molecular weight excluding hydrogens is 296 g/mol. The largest absolute Gasteiger partial charge is 0.477 e. The van der Waals surface area contributed by atoms with Crippen molar-refractivity contribution in [2.24, 2.45) is 17.6 Å². The highest BCUT2D eigenvalue weighted by molar-refractivity contribution is 8.03. The van der Waals surface area contributed by atoms with Crippen LogP contribution >= 0.6 is 11.8 Å². The summed E-state index contributed by atoms with van der Waals surface area (Å²) in [5.41, 5.74) is 5.05. The summed E-state index contributed by atoms with van der Waals surface area (Å²) in [6.07, 6.45) is -0.669. The maximum absolute atomic E-state index is 12.1. The van der Waals surface area contributed by atoms with Crippen molar-refractivity contribution in [1.29, 1.82) is 0 Å². The second-order valence-electron chi connectivity index (χ2n) is 5.34. The Hall–Kier alpha value is -1.54. The molecule has 2 aliphatic rings. The van der Waals surface area contributed by atoms with Crippen LogP contribution in [-0.2, 0) is 14.4 Å². The first kappa shape index (κ1) is 15.8. The van der Waals surface area contributed by atoms with E-state index in [9.17, 15) is 24.6 Å². The fourth-order valence-corrected chi connectivity index (χ4v) is 4.22. The highest BCUT2D eigenvalue weighted by atomic mass is 32.2. The molecule has 0 aliphatic carbocycles. The number of nitrogens with two attached hydrogens (primary N) is 1. The van der Waals surface area contributed by atoms with Gasteiger partial charge in [0.1, 0.15) is 5.70 Å². The number of aliphatic hydroxyl groups excluding tert-OH is 1. The van der Waals surface area contributed by atoms with Crippen LogP contribution < -0.4 is 5.73 Å². The number of hydrogen-bond donors (Lipinski definition) is 3. The molecule has 1 saturated heterocycles. The van der Waals surface area contributed by atoms with E-state index in [1.807, 2.05) is 6.92 Å². The lowest BCUT2D eigenvalue weighted by molar-refractivity contribution is -0.163. The van der Waals surface area contributed by atoms with E-state index in [2.05, 4.69) is 0 Å². The first-order valence-corrected chi connectivity index (χ1v) is 7.65. The normalized spacial score (nSPS) is 29.2. The smallest absolute Gasteiger partial charge is 0.353 e. The zero-order valence-electron chi connectivity index (χ0n) is 11.8. The summed E-state index contributed by atoms with van der Waals surface area (Å²) in [5.74, 6) is -2.34. The Balaban J connectivity index is 2.23. The Labute approximate surface area is 126 Å². The summed E-state index contributed by atoms with van der Waals surface area (Å²) in [7, 11) is 0. The molecule has 2 amide bonds. The van der Waals surface area contributed by atoms with Crippen LogP contribution in [0.25, 0.3) is 0 Å². The van der Waals surface area contributed by atoms with E-state index in [4.69, 9.17) is 5.73 Å². The van der Waals surface area contributed by atoms with Crippen molar-refractivity contribution in [2.45, 2.75) is 32.4 Å². The van der Waals surface area contributed by atoms with E-state index in [1.54, 1.807) is 0 Å². The van der Waals surface area contributed by atoms with Gasteiger partial charge in [-0.3, -0.25) is 9.59 Å². The molecule has 2 aliphatic heterocycles. The molecule has 4 atom stereocenters. The summed E-state index contributed by atoms with van der Waals surface area (Å²) in [6, 6.07) is -0.320. The number of carbonyl (C=O) groups is 3. The van der Waals surface area contributed by atoms with Crippen LogP contribution in [0, 0.1) is 11.8 Å². The second kappa shape index (κ2) is 5.69. The van der Waals surface area contributed by atoms with Crippen LogP contribution in [0.3, 0.4) is 0 Å². The Kier molecular flexibility index (Phi) is 4.29. The molecule has 7 nitrogen and oxygen atoms in total. The van der Waals surface area contributed by atoms with Crippen molar-refractivity contribution in [3.05, 3.63) is 10.6 Å². The number of carbonyl (C=O) groups excluding carboxylic acids is 2. The van der Waals surface area contributed by atoms with Gasteiger partial charge >= 0.3 is 5.97 Å². The van der Waals surface area contributed by atoms with E-state index in [0.717, 1.165) is 0 Å². The maximum Gasteiger partial charge on any atom is 0.353 e. The monoisotopic (exact) mass is 314 g/mol. The molecule has 0 spiro atoms. The molecule has 0 unspecified atom stereocenters. The van der Waals surface area contributed by atoms with Gasteiger partial charge in [-0.2, -0.15) is 0 Å². The molecule has 0 aromatic rings. The summed E-state index contributed by atoms with van der Waals surface area (Å²) in [4.78, 5) is 36.1. The molecule has 0 aromatic heterocycles. The van der Waals surface area contributed by atoms with Gasteiger partial charge in [-0.05, 0) is 6.92 Å². The minimum absolute atomic E-state index is 0.0242. The van der Waals surface area contributed by atoms with Gasteiger partial charge in [0.05, 0.1) is 18.1 Å². The number of fused-ring (bicyclic) bond motifs is 1. The molecule has 2 rings (SSSR count). The number of amides is 2. The van der Waals surface area contributed by atoms with E-state index >= 15 is 0 Å². The first-order valence-electron chi connectivity index (χ1n) is 6.67. The minimum Gasteiger partial charge on any atom is -0.477 e. The quantitative estimate of drug-likeness (QED) is 0.581. The summed E-state index contributed by atoms with van der Waals surface area (Å²) in [5, 5.41) is 19.0. The highest BCUT2D eigenvalue weighted by Gasteiger charge is 2.59. The SMILES string of the molecule is C[C@@H](O)[C@H]1C(=O)N2C(C(=O)O)=C(SCCC(N)=O)[C@H](C)[C@H]12. The Morgan fingerprint density at radius 3 is 2.57 bits per heavy atom. The van der Waals surface area contributed by atoms with Crippen LogP contribution in [0.1, 0.15) is 20.3 Å². The average molecular weight is 314 g/mol. The number of hydrogen-bond acceptors (Lipinski definition) is 5. The fourth-order valence-electron chi connectivity index (χ4n) is 2.98. The van der Waals surface area contributed by atoms with Crippen molar-refractivity contribution < 1.29 is 24.6 Å². The number of carboxylic acid groups (broad SMARTS) is 1. The molecule has 4 N–H and O–H groups in total. The number of nitrogens with zero attached hydrogens (tertiary/aromatic N) is 1. The third-order valence-electron chi connectivity index (χ3n) is 3.92. The molecule has 0 bridgehead atoms. The Bertz CT molecular complexity index is 531. The predicted octanol–water partition coefficient (Wildman–Crippen LogP) is -0.251. The standard InChI is InChI=1S/C13H18N2O5S/c1-5-9-8(6(2)16)12(18)15(9)10(13(19)20)11(5)21-4-3-7(14)17/h5-6,8-9,16H,3-4H2,1-2H3,(H2,14,17)(H,19,20)/t5-,6-,8-,9-/m1/s1. The van der Waals surface area contributed by atoms with Crippen LogP contribution in [0.4, 0.5) is 0 Å². The summed E-state index contributed by atoms with van der Waals surface area (Å²) in [6.45, 7) is 3.37. The molecule has 0 saturated carbocycles. The molecule has 21 heavy (non-hydrogen) atoms. The van der Waals surface area contributed by atoms with E-state index in [0.29, 0.717) is 10.7 Å². The van der Waals surface area contributed by atoms with Gasteiger partial charge in [-0.15, -0.1) is 11.8 Å². The van der Waals surface area contributed by atoms with Gasteiger partial charge in [0, 0.05) is 23.0 Å². The highest BCUT2D eigenvalue weighted by Crippen LogP contribution is 2.50. The Morgan fingerprint density at radius 2 is 2.10 bits per heavy atom. The second-order valence-corrected chi connectivity index (χ2v) is 6.47. The van der Waals surface area contributed by atoms with Gasteiger partial charge in [0.15, 0.2) is 0 Å². The number of β-lactam (4-membered cyclic amide) rings is 1. The van der Waals surface area contributed by atoms with Crippen LogP contribution in [0.2, 0.25) is 0 Å². The molecular formula is C13H18N2O5S. The van der Waals surface area contributed by atoms with E-state index in [-0.39, 0.29) is 30.0 Å². The third-order valence-corrected chi connectivity index (χ3v) is 5.20. The van der Waals surface area contributed by atoms with Crippen molar-refractivity contribution >= 4 is 29.5 Å². The molecule has 2 heterocycles. The van der Waals surface area contributed by atoms with Crippen LogP contribution in [-0.4, -0.2) is 50.8 Å². The molecule has 0 radical (unpaired) electrons. The molecule has 116 valence electrons. The summed E-state index contributed by atoms with van der Waals surface area (Å²) >= 11 is 1.24. The first-order chi connectivity index (χ1) is 9.77. The van der Waals surface area contributed by atoms with Crippen molar-refractivity contribution in [3.8, 4) is 0 Å². The topological polar surface area (TPSA) is 121 Å². The third kappa shape index (κ3) is 2.53. The van der Waals surface area contributed by atoms with E-state index in [1.165, 1.54) is 23.6 Å². The lowest BCUT2D eigenvalue weighted by Crippen LogP contribution is -2.63. The predicted molar refractivity (Wildman–Crippen MR) is 75.9 cm³/mol. The lowest BCUT2D eigenvalue weighted by Gasteiger charge is -2.46. The summed E-state index contributed by atoms with van der Waals surface area (Å²) < 4.78 is 0. The number of thioether (sulfide) groups is 1. The maximum atomic E-state index is 12.1. The average Bonchev–Trinajstić information content (AvgIpc) is 2.59. The van der Waals surface area contributed by atoms with Crippen LogP contribution in [0.15, 0.2) is 10.6 Å². The zero-order chi connectivity index (χ0) is 15.9. The Morgan fingerprint density at radius 1 is 1.48 bits per heavy atom. The lowest BCUT2D eigenvalue weighted by atomic mass is 9.79. The molecule has 8 heteroatoms. The number of carboxylic acids is 1. The van der Waals surface area contributed by atoms with Crippen molar-refractivity contribution in [3.63, 3.8) is 0 Å². The molecule has 0 aromatic carbocycles. The number of aliphatic hydroxyl groups is 1. The minimum atomic E-state index is -1.16. The number of primary amides is 1.